The number of halogens is 3. The lowest BCUT2D eigenvalue weighted by Crippen LogP contribution is -1.94. The summed E-state index contributed by atoms with van der Waals surface area (Å²) >= 11 is 2.98. The molecule has 2 aromatic carbocycles. The number of aromatic carboxylic acids is 1. The van der Waals surface area contributed by atoms with Gasteiger partial charge in [-0.3, -0.25) is 0 Å². The molecule has 0 saturated heterocycles. The maximum absolute atomic E-state index is 13.9. The van der Waals surface area contributed by atoms with E-state index in [4.69, 9.17) is 9.52 Å². The van der Waals surface area contributed by atoms with E-state index in [-0.39, 0.29) is 27.0 Å². The van der Waals surface area contributed by atoms with E-state index >= 15 is 0 Å². The fraction of sp³-hybridized carbons (Fsp3) is 0. The van der Waals surface area contributed by atoms with E-state index in [0.717, 1.165) is 12.1 Å². The standard InChI is InChI=1S/C14H6BrF2NO3/c15-7-4-8(16)12(9(17)5-7)13-18-10-3-6(14(19)20)1-2-11(10)21-13/h1-5H,(H,19,20). The summed E-state index contributed by atoms with van der Waals surface area (Å²) in [4.78, 5) is 14.8. The molecular formula is C14H6BrF2NO3. The van der Waals surface area contributed by atoms with Crippen LogP contribution in [0.1, 0.15) is 10.4 Å². The molecule has 3 aromatic rings. The van der Waals surface area contributed by atoms with Crippen LogP contribution in [0.5, 0.6) is 0 Å². The lowest BCUT2D eigenvalue weighted by atomic mass is 10.2. The molecule has 3 rings (SSSR count). The Bertz CT molecular complexity index is 853. The van der Waals surface area contributed by atoms with Gasteiger partial charge in [0.25, 0.3) is 0 Å². The lowest BCUT2D eigenvalue weighted by molar-refractivity contribution is 0.0697. The van der Waals surface area contributed by atoms with Crippen LogP contribution in [0, 0.1) is 11.6 Å². The predicted molar refractivity (Wildman–Crippen MR) is 74.0 cm³/mol. The molecule has 106 valence electrons. The molecule has 0 saturated carbocycles. The fourth-order valence-corrected chi connectivity index (χ4v) is 2.32. The van der Waals surface area contributed by atoms with Gasteiger partial charge < -0.3 is 9.52 Å². The summed E-state index contributed by atoms with van der Waals surface area (Å²) < 4.78 is 33.3. The highest BCUT2D eigenvalue weighted by Gasteiger charge is 2.19. The van der Waals surface area contributed by atoms with Crippen LogP contribution in [0.25, 0.3) is 22.6 Å². The molecule has 0 fully saturated rings. The van der Waals surface area contributed by atoms with Gasteiger partial charge in [-0.2, -0.15) is 0 Å². The summed E-state index contributed by atoms with van der Waals surface area (Å²) in [5.74, 6) is -3.02. The van der Waals surface area contributed by atoms with Gasteiger partial charge in [-0.15, -0.1) is 0 Å². The third-order valence-corrected chi connectivity index (χ3v) is 3.31. The second-order valence-corrected chi connectivity index (χ2v) is 5.17. The van der Waals surface area contributed by atoms with Gasteiger partial charge in [-0.25, -0.2) is 18.6 Å². The molecule has 1 heterocycles. The van der Waals surface area contributed by atoms with Gasteiger partial charge in [0.1, 0.15) is 22.7 Å². The molecule has 7 heteroatoms. The van der Waals surface area contributed by atoms with Gasteiger partial charge in [0.2, 0.25) is 5.89 Å². The first kappa shape index (κ1) is 13.7. The van der Waals surface area contributed by atoms with Gasteiger partial charge in [0, 0.05) is 4.47 Å². The molecular weight excluding hydrogens is 348 g/mol. The van der Waals surface area contributed by atoms with Crippen molar-refractivity contribution >= 4 is 33.0 Å². The minimum Gasteiger partial charge on any atom is -0.478 e. The number of carboxylic acids is 1. The van der Waals surface area contributed by atoms with E-state index in [9.17, 15) is 13.6 Å². The number of aromatic nitrogens is 1. The monoisotopic (exact) mass is 353 g/mol. The normalized spacial score (nSPS) is 11.0. The molecule has 0 radical (unpaired) electrons. The van der Waals surface area contributed by atoms with Gasteiger partial charge >= 0.3 is 5.97 Å². The minimum atomic E-state index is -1.12. The third-order valence-electron chi connectivity index (χ3n) is 2.86. The fourth-order valence-electron chi connectivity index (χ4n) is 1.91. The highest BCUT2D eigenvalue weighted by molar-refractivity contribution is 9.10. The Morgan fingerprint density at radius 2 is 1.86 bits per heavy atom. The molecule has 0 aliphatic rings. The van der Waals surface area contributed by atoms with Crippen LogP contribution >= 0.6 is 15.9 Å². The largest absolute Gasteiger partial charge is 0.478 e. The van der Waals surface area contributed by atoms with Crippen molar-refractivity contribution in [2.45, 2.75) is 0 Å². The highest BCUT2D eigenvalue weighted by atomic mass is 79.9. The average molecular weight is 354 g/mol. The van der Waals surface area contributed by atoms with Crippen LogP contribution in [0.2, 0.25) is 0 Å². The van der Waals surface area contributed by atoms with Crippen LogP contribution < -0.4 is 0 Å². The van der Waals surface area contributed by atoms with Crippen molar-refractivity contribution in [3.8, 4) is 11.5 Å². The van der Waals surface area contributed by atoms with Crippen LogP contribution in [0.3, 0.4) is 0 Å². The molecule has 0 spiro atoms. The second kappa shape index (κ2) is 4.92. The number of rotatable bonds is 2. The van der Waals surface area contributed by atoms with E-state index in [2.05, 4.69) is 20.9 Å². The first-order valence-corrected chi connectivity index (χ1v) is 6.54. The van der Waals surface area contributed by atoms with Gasteiger partial charge in [-0.1, -0.05) is 15.9 Å². The number of carbonyl (C=O) groups is 1. The molecule has 21 heavy (non-hydrogen) atoms. The van der Waals surface area contributed by atoms with Crippen molar-refractivity contribution in [3.05, 3.63) is 52.0 Å². The Hall–Kier alpha value is -2.28. The zero-order valence-electron chi connectivity index (χ0n) is 10.2. The summed E-state index contributed by atoms with van der Waals surface area (Å²) in [6, 6.07) is 6.18. The number of hydrogen-bond donors (Lipinski definition) is 1. The SMILES string of the molecule is O=C(O)c1ccc2oc(-c3c(F)cc(Br)cc3F)nc2c1. The van der Waals surface area contributed by atoms with E-state index in [1.165, 1.54) is 18.2 Å². The Morgan fingerprint density at radius 1 is 1.19 bits per heavy atom. The van der Waals surface area contributed by atoms with Crippen LogP contribution in [-0.2, 0) is 0 Å². The molecule has 0 aliphatic carbocycles. The smallest absolute Gasteiger partial charge is 0.335 e. The summed E-state index contributed by atoms with van der Waals surface area (Å²) in [7, 11) is 0. The summed E-state index contributed by atoms with van der Waals surface area (Å²) in [6.07, 6.45) is 0. The maximum Gasteiger partial charge on any atom is 0.335 e. The van der Waals surface area contributed by atoms with Crippen molar-refractivity contribution in [1.29, 1.82) is 0 Å². The van der Waals surface area contributed by atoms with Gasteiger partial charge in [0.05, 0.1) is 5.56 Å². The van der Waals surface area contributed by atoms with Crippen LogP contribution in [0.4, 0.5) is 8.78 Å². The van der Waals surface area contributed by atoms with Crippen molar-refractivity contribution in [3.63, 3.8) is 0 Å². The molecule has 1 aromatic heterocycles. The molecule has 1 N–H and O–H groups in total. The van der Waals surface area contributed by atoms with Gasteiger partial charge in [0.15, 0.2) is 5.58 Å². The van der Waals surface area contributed by atoms with E-state index in [0.29, 0.717) is 0 Å². The number of fused-ring (bicyclic) bond motifs is 1. The van der Waals surface area contributed by atoms with Crippen molar-refractivity contribution in [2.75, 3.05) is 0 Å². The molecule has 0 aliphatic heterocycles. The molecule has 0 unspecified atom stereocenters. The summed E-state index contributed by atoms with van der Waals surface area (Å²) in [5.41, 5.74) is 0.0775. The highest BCUT2D eigenvalue weighted by Crippen LogP contribution is 2.31. The molecule has 0 bridgehead atoms. The molecule has 0 atom stereocenters. The summed E-state index contributed by atoms with van der Waals surface area (Å²) in [5, 5.41) is 8.90. The molecule has 4 nitrogen and oxygen atoms in total. The maximum atomic E-state index is 13.9. The Morgan fingerprint density at radius 3 is 2.48 bits per heavy atom. The number of carboxylic acid groups (broad SMARTS) is 1. The Labute approximate surface area is 125 Å². The number of hydrogen-bond acceptors (Lipinski definition) is 3. The minimum absolute atomic E-state index is 0.0131. The van der Waals surface area contributed by atoms with E-state index in [1.807, 2.05) is 0 Å². The van der Waals surface area contributed by atoms with Crippen molar-refractivity contribution in [2.24, 2.45) is 0 Å². The van der Waals surface area contributed by atoms with Crippen LogP contribution in [-0.4, -0.2) is 16.1 Å². The zero-order chi connectivity index (χ0) is 15.1. The Balaban J connectivity index is 2.20. The number of nitrogens with zero attached hydrogens (tertiary/aromatic N) is 1. The van der Waals surface area contributed by atoms with Gasteiger partial charge in [-0.05, 0) is 30.3 Å². The topological polar surface area (TPSA) is 63.3 Å². The number of oxazole rings is 1. The lowest BCUT2D eigenvalue weighted by Gasteiger charge is -2.00. The van der Waals surface area contributed by atoms with Crippen molar-refractivity contribution in [1.82, 2.24) is 4.98 Å². The quantitative estimate of drug-likeness (QED) is 0.748. The first-order valence-electron chi connectivity index (χ1n) is 5.74. The Kier molecular flexibility index (Phi) is 3.21. The average Bonchev–Trinajstić information content (AvgIpc) is 2.79. The second-order valence-electron chi connectivity index (χ2n) is 4.25. The van der Waals surface area contributed by atoms with Crippen molar-refractivity contribution < 1.29 is 23.1 Å². The molecule has 0 amide bonds. The zero-order valence-corrected chi connectivity index (χ0v) is 11.8. The number of benzene rings is 2. The third kappa shape index (κ3) is 2.40. The van der Waals surface area contributed by atoms with E-state index < -0.39 is 23.2 Å². The first-order chi connectivity index (χ1) is 9.95. The van der Waals surface area contributed by atoms with E-state index in [1.54, 1.807) is 0 Å². The van der Waals surface area contributed by atoms with Crippen LogP contribution in [0.15, 0.2) is 39.2 Å². The summed E-state index contributed by atoms with van der Waals surface area (Å²) in [6.45, 7) is 0. The predicted octanol–water partition coefficient (Wildman–Crippen LogP) is 4.23.